The highest BCUT2D eigenvalue weighted by atomic mass is 16.3. The van der Waals surface area contributed by atoms with E-state index in [0.29, 0.717) is 24.9 Å². The third-order valence-electron chi connectivity index (χ3n) is 3.36. The van der Waals surface area contributed by atoms with Crippen LogP contribution in [0.25, 0.3) is 0 Å². The number of aliphatic hydroxyl groups excluding tert-OH is 1. The Bertz CT molecular complexity index is 438. The summed E-state index contributed by atoms with van der Waals surface area (Å²) in [5.74, 6) is 0.179. The molecule has 0 aliphatic heterocycles. The Morgan fingerprint density at radius 2 is 2.26 bits per heavy atom. The van der Waals surface area contributed by atoms with Crippen molar-refractivity contribution in [2.45, 2.75) is 51.8 Å². The van der Waals surface area contributed by atoms with Crippen molar-refractivity contribution in [2.75, 3.05) is 0 Å². The smallest absolute Gasteiger partial charge is 0.251 e. The van der Waals surface area contributed by atoms with Crippen LogP contribution in [0.3, 0.4) is 0 Å². The molecule has 1 aromatic rings. The number of carbonyl (C=O) groups excluding carboxylic acids is 1. The molecule has 5 heteroatoms. The maximum atomic E-state index is 12.3. The fourth-order valence-corrected chi connectivity index (χ4v) is 2.26. The van der Waals surface area contributed by atoms with Crippen LogP contribution in [0.5, 0.6) is 0 Å². The summed E-state index contributed by atoms with van der Waals surface area (Å²) in [6.45, 7) is 4.57. The topological polar surface area (TPSA) is 58.4 Å². The van der Waals surface area contributed by atoms with Crippen molar-refractivity contribution >= 4 is 5.91 Å². The summed E-state index contributed by atoms with van der Waals surface area (Å²) in [5.41, 5.74) is 1.01. The number of carbonyl (C=O) groups is 1. The predicted octanol–water partition coefficient (Wildman–Crippen LogP) is 1.32. The minimum absolute atomic E-state index is 0.139. The molecule has 1 aliphatic rings. The van der Waals surface area contributed by atoms with Gasteiger partial charge < -0.3 is 10.0 Å². The van der Waals surface area contributed by atoms with Crippen LogP contribution in [0.2, 0.25) is 0 Å². The lowest BCUT2D eigenvalue weighted by atomic mass is 10.0. The number of aliphatic hydroxyl groups is 1. The zero-order valence-corrected chi connectivity index (χ0v) is 11.9. The molecule has 1 aromatic heterocycles. The molecule has 2 rings (SSSR count). The van der Waals surface area contributed by atoms with Gasteiger partial charge in [-0.25, -0.2) is 0 Å². The fourth-order valence-electron chi connectivity index (χ4n) is 2.26. The number of hydrogen-bond donors (Lipinski definition) is 1. The predicted molar refractivity (Wildman–Crippen MR) is 72.2 cm³/mol. The molecule has 1 saturated carbocycles. The molecule has 0 aromatic carbocycles. The van der Waals surface area contributed by atoms with Crippen LogP contribution in [-0.4, -0.2) is 37.8 Å². The van der Waals surface area contributed by atoms with Crippen LogP contribution < -0.4 is 0 Å². The minimum Gasteiger partial charge on any atom is -0.383 e. The number of rotatable bonds is 6. The Morgan fingerprint density at radius 1 is 1.58 bits per heavy atom. The number of aromatic nitrogens is 2. The first-order valence-corrected chi connectivity index (χ1v) is 6.93. The number of hydrogen-bond acceptors (Lipinski definition) is 3. The van der Waals surface area contributed by atoms with Crippen LogP contribution in [0.4, 0.5) is 0 Å². The van der Waals surface area contributed by atoms with E-state index in [1.807, 2.05) is 32.0 Å². The highest BCUT2D eigenvalue weighted by Crippen LogP contribution is 2.29. The van der Waals surface area contributed by atoms with Crippen LogP contribution in [0.1, 0.15) is 38.7 Å². The summed E-state index contributed by atoms with van der Waals surface area (Å²) >= 11 is 0. The van der Waals surface area contributed by atoms with Gasteiger partial charge in [0.1, 0.15) is 6.10 Å². The van der Waals surface area contributed by atoms with E-state index in [1.165, 1.54) is 0 Å². The molecule has 0 saturated heterocycles. The van der Waals surface area contributed by atoms with E-state index in [1.54, 1.807) is 10.9 Å². The molecule has 1 heterocycles. The van der Waals surface area contributed by atoms with Crippen LogP contribution in [0.15, 0.2) is 12.4 Å². The van der Waals surface area contributed by atoms with Crippen molar-refractivity contribution in [3.63, 3.8) is 0 Å². The van der Waals surface area contributed by atoms with Crippen LogP contribution >= 0.6 is 0 Å². The molecule has 5 nitrogen and oxygen atoms in total. The third-order valence-corrected chi connectivity index (χ3v) is 3.36. The van der Waals surface area contributed by atoms with E-state index < -0.39 is 6.10 Å². The van der Waals surface area contributed by atoms with E-state index >= 15 is 0 Å². The summed E-state index contributed by atoms with van der Waals surface area (Å²) in [6, 6.07) is 0.300. The lowest BCUT2D eigenvalue weighted by Gasteiger charge is -2.25. The summed E-state index contributed by atoms with van der Waals surface area (Å²) in [5, 5.41) is 14.1. The van der Waals surface area contributed by atoms with Gasteiger partial charge in [-0.2, -0.15) is 5.10 Å². The molecule has 19 heavy (non-hydrogen) atoms. The number of amides is 1. The highest BCUT2D eigenvalue weighted by molar-refractivity contribution is 5.81. The molecule has 1 unspecified atom stereocenters. The second kappa shape index (κ2) is 5.74. The minimum atomic E-state index is -0.878. The Labute approximate surface area is 114 Å². The Morgan fingerprint density at radius 3 is 2.74 bits per heavy atom. The Hall–Kier alpha value is -1.36. The first kappa shape index (κ1) is 14.1. The molecule has 0 radical (unpaired) electrons. The van der Waals surface area contributed by atoms with Gasteiger partial charge in [-0.05, 0) is 25.2 Å². The van der Waals surface area contributed by atoms with Crippen LogP contribution in [-0.2, 0) is 18.4 Å². The summed E-state index contributed by atoms with van der Waals surface area (Å²) in [6.07, 6.45) is 5.42. The van der Waals surface area contributed by atoms with Crippen molar-refractivity contribution in [1.29, 1.82) is 0 Å². The second-order valence-electron chi connectivity index (χ2n) is 5.86. The van der Waals surface area contributed by atoms with Gasteiger partial charge >= 0.3 is 0 Å². The molecule has 0 bridgehead atoms. The van der Waals surface area contributed by atoms with E-state index in [4.69, 9.17) is 0 Å². The van der Waals surface area contributed by atoms with Crippen molar-refractivity contribution in [3.05, 3.63) is 18.0 Å². The molecule has 106 valence electrons. The number of nitrogens with zero attached hydrogens (tertiary/aromatic N) is 3. The normalized spacial score (nSPS) is 16.7. The first-order chi connectivity index (χ1) is 8.97. The molecule has 1 fully saturated rings. The van der Waals surface area contributed by atoms with Crippen molar-refractivity contribution in [1.82, 2.24) is 14.7 Å². The van der Waals surface area contributed by atoms with Gasteiger partial charge in [0.15, 0.2) is 0 Å². The average molecular weight is 265 g/mol. The van der Waals surface area contributed by atoms with E-state index in [0.717, 1.165) is 18.4 Å². The van der Waals surface area contributed by atoms with Crippen molar-refractivity contribution in [2.24, 2.45) is 13.0 Å². The van der Waals surface area contributed by atoms with Gasteiger partial charge in [0.2, 0.25) is 0 Å². The molecule has 1 atom stereocenters. The average Bonchev–Trinajstić information content (AvgIpc) is 3.08. The van der Waals surface area contributed by atoms with E-state index in [-0.39, 0.29) is 5.91 Å². The molecule has 1 N–H and O–H groups in total. The maximum Gasteiger partial charge on any atom is 0.251 e. The largest absolute Gasteiger partial charge is 0.383 e. The summed E-state index contributed by atoms with van der Waals surface area (Å²) in [4.78, 5) is 14.1. The molecule has 0 spiro atoms. The van der Waals surface area contributed by atoms with E-state index in [2.05, 4.69) is 5.10 Å². The fraction of sp³-hybridized carbons (Fsp3) is 0.714. The molecule has 1 aliphatic carbocycles. The van der Waals surface area contributed by atoms with Gasteiger partial charge in [0.05, 0.1) is 6.20 Å². The zero-order chi connectivity index (χ0) is 14.0. The SMILES string of the molecule is CC(C)CC(O)C(=O)N(Cc1cnn(C)c1)C1CC1. The van der Waals surface area contributed by atoms with Crippen LogP contribution in [0, 0.1) is 5.92 Å². The van der Waals surface area contributed by atoms with Gasteiger partial charge in [-0.1, -0.05) is 13.8 Å². The zero-order valence-electron chi connectivity index (χ0n) is 11.9. The van der Waals surface area contributed by atoms with Gasteiger partial charge in [0, 0.05) is 31.4 Å². The third kappa shape index (κ3) is 3.80. The molecule has 1 amide bonds. The highest BCUT2D eigenvalue weighted by Gasteiger charge is 2.35. The van der Waals surface area contributed by atoms with Crippen molar-refractivity contribution in [3.8, 4) is 0 Å². The van der Waals surface area contributed by atoms with Gasteiger partial charge in [-0.15, -0.1) is 0 Å². The van der Waals surface area contributed by atoms with E-state index in [9.17, 15) is 9.90 Å². The Kier molecular flexibility index (Phi) is 4.24. The van der Waals surface area contributed by atoms with Gasteiger partial charge in [0.25, 0.3) is 5.91 Å². The molecular formula is C14H23N3O2. The Balaban J connectivity index is 2.01. The maximum absolute atomic E-state index is 12.3. The first-order valence-electron chi connectivity index (χ1n) is 6.93. The second-order valence-corrected chi connectivity index (χ2v) is 5.86. The van der Waals surface area contributed by atoms with Crippen molar-refractivity contribution < 1.29 is 9.90 Å². The quantitative estimate of drug-likeness (QED) is 0.844. The molecular weight excluding hydrogens is 242 g/mol. The summed E-state index contributed by atoms with van der Waals surface area (Å²) in [7, 11) is 1.86. The van der Waals surface area contributed by atoms with Gasteiger partial charge in [-0.3, -0.25) is 9.48 Å². The lowest BCUT2D eigenvalue weighted by Crippen LogP contribution is -2.40. The lowest BCUT2D eigenvalue weighted by molar-refractivity contribution is -0.142. The summed E-state index contributed by atoms with van der Waals surface area (Å²) < 4.78 is 1.73. The standard InChI is InChI=1S/C14H23N3O2/c1-10(2)6-13(18)14(19)17(12-4-5-12)9-11-7-15-16(3)8-11/h7-8,10,12-13,18H,4-6,9H2,1-3H3. The monoisotopic (exact) mass is 265 g/mol. The number of aryl methyl sites for hydroxylation is 1.